The van der Waals surface area contributed by atoms with Crippen molar-refractivity contribution in [3.63, 3.8) is 0 Å². The molecule has 0 radical (unpaired) electrons. The van der Waals surface area contributed by atoms with Crippen LogP contribution in [0.3, 0.4) is 0 Å². The molecule has 1 N–H and O–H groups in total. The van der Waals surface area contributed by atoms with Gasteiger partial charge in [-0.15, -0.1) is 0 Å². The van der Waals surface area contributed by atoms with Gasteiger partial charge in [0.1, 0.15) is 0 Å². The number of ether oxygens (including phenoxy) is 3. The van der Waals surface area contributed by atoms with Crippen LogP contribution in [-0.4, -0.2) is 33.5 Å². The van der Waals surface area contributed by atoms with Crippen LogP contribution in [0.4, 0.5) is 5.69 Å². The lowest BCUT2D eigenvalue weighted by Gasteiger charge is -2.14. The van der Waals surface area contributed by atoms with Crippen LogP contribution in [0.2, 0.25) is 0 Å². The van der Waals surface area contributed by atoms with E-state index in [1.807, 2.05) is 25.1 Å². The van der Waals surface area contributed by atoms with E-state index in [2.05, 4.69) is 5.32 Å². The maximum Gasteiger partial charge on any atom is 0.162 e. The molecular formula is C14H21NO3. The van der Waals surface area contributed by atoms with Crippen LogP contribution < -0.4 is 14.8 Å². The van der Waals surface area contributed by atoms with E-state index in [9.17, 15) is 0 Å². The van der Waals surface area contributed by atoms with Crippen molar-refractivity contribution >= 4 is 5.69 Å². The second-order valence-corrected chi connectivity index (χ2v) is 4.41. The number of benzene rings is 1. The predicted molar refractivity (Wildman–Crippen MR) is 71.6 cm³/mol. The number of anilines is 1. The number of methoxy groups -OCH3 is 1. The first-order chi connectivity index (χ1) is 8.83. The maximum atomic E-state index is 5.49. The van der Waals surface area contributed by atoms with E-state index in [0.29, 0.717) is 12.5 Å². The van der Waals surface area contributed by atoms with Gasteiger partial charge in [-0.1, -0.05) is 0 Å². The quantitative estimate of drug-likeness (QED) is 0.843. The molecule has 1 aliphatic rings. The van der Waals surface area contributed by atoms with E-state index in [1.54, 1.807) is 7.11 Å². The molecule has 0 bridgehead atoms. The Bertz CT molecular complexity index is 375. The van der Waals surface area contributed by atoms with Crippen LogP contribution in [0.1, 0.15) is 13.3 Å². The Hall–Kier alpha value is -1.42. The minimum Gasteiger partial charge on any atom is -0.493 e. The van der Waals surface area contributed by atoms with Gasteiger partial charge in [0.25, 0.3) is 0 Å². The van der Waals surface area contributed by atoms with E-state index in [1.165, 1.54) is 0 Å². The van der Waals surface area contributed by atoms with Gasteiger partial charge in [0.15, 0.2) is 11.5 Å². The lowest BCUT2D eigenvalue weighted by Crippen LogP contribution is -2.14. The summed E-state index contributed by atoms with van der Waals surface area (Å²) in [5.74, 6) is 2.17. The average Bonchev–Trinajstić information content (AvgIpc) is 2.91. The molecule has 4 heteroatoms. The highest BCUT2D eigenvalue weighted by Gasteiger charge is 2.15. The van der Waals surface area contributed by atoms with Crippen molar-refractivity contribution < 1.29 is 14.2 Å². The molecule has 0 spiro atoms. The summed E-state index contributed by atoms with van der Waals surface area (Å²) in [5.41, 5.74) is 1.06. The number of rotatable bonds is 6. The summed E-state index contributed by atoms with van der Waals surface area (Å²) in [6.07, 6.45) is 1.14. The molecule has 1 saturated heterocycles. The van der Waals surface area contributed by atoms with Gasteiger partial charge in [-0.05, 0) is 25.5 Å². The van der Waals surface area contributed by atoms with Gasteiger partial charge in [0, 0.05) is 30.8 Å². The second kappa shape index (κ2) is 6.50. The molecule has 1 heterocycles. The molecule has 0 aromatic heterocycles. The Balaban J connectivity index is 1.95. The number of hydrogen-bond donors (Lipinski definition) is 1. The SMILES string of the molecule is CCOc1ccc(NCC2CCOC2)cc1OC. The summed E-state index contributed by atoms with van der Waals surface area (Å²) < 4.78 is 16.2. The molecule has 2 rings (SSSR count). The smallest absolute Gasteiger partial charge is 0.162 e. The first-order valence-corrected chi connectivity index (χ1v) is 6.46. The van der Waals surface area contributed by atoms with E-state index in [-0.39, 0.29) is 0 Å². The Morgan fingerprint density at radius 3 is 2.94 bits per heavy atom. The van der Waals surface area contributed by atoms with Crippen molar-refractivity contribution in [3.8, 4) is 11.5 Å². The molecule has 18 heavy (non-hydrogen) atoms. The zero-order valence-electron chi connectivity index (χ0n) is 11.1. The highest BCUT2D eigenvalue weighted by atomic mass is 16.5. The summed E-state index contributed by atoms with van der Waals surface area (Å²) in [4.78, 5) is 0. The first-order valence-electron chi connectivity index (χ1n) is 6.46. The first kappa shape index (κ1) is 13.0. The molecule has 1 aromatic rings. The van der Waals surface area contributed by atoms with Crippen LogP contribution in [-0.2, 0) is 4.74 Å². The van der Waals surface area contributed by atoms with Crippen molar-refractivity contribution in [1.29, 1.82) is 0 Å². The Morgan fingerprint density at radius 2 is 2.28 bits per heavy atom. The summed E-state index contributed by atoms with van der Waals surface area (Å²) in [7, 11) is 1.66. The van der Waals surface area contributed by atoms with Crippen molar-refractivity contribution in [1.82, 2.24) is 0 Å². The zero-order valence-corrected chi connectivity index (χ0v) is 11.1. The van der Waals surface area contributed by atoms with E-state index < -0.39 is 0 Å². The Labute approximate surface area is 108 Å². The van der Waals surface area contributed by atoms with Crippen molar-refractivity contribution in [2.75, 3.05) is 38.8 Å². The van der Waals surface area contributed by atoms with E-state index in [0.717, 1.165) is 43.4 Å². The normalized spacial score (nSPS) is 18.7. The molecule has 1 aromatic carbocycles. The van der Waals surface area contributed by atoms with Gasteiger partial charge in [0.2, 0.25) is 0 Å². The minimum absolute atomic E-state index is 0.613. The maximum absolute atomic E-state index is 5.49. The molecule has 1 unspecified atom stereocenters. The largest absolute Gasteiger partial charge is 0.493 e. The molecule has 0 amide bonds. The van der Waals surface area contributed by atoms with Crippen LogP contribution in [0.5, 0.6) is 11.5 Å². The van der Waals surface area contributed by atoms with Gasteiger partial charge >= 0.3 is 0 Å². The molecule has 0 aliphatic carbocycles. The molecule has 4 nitrogen and oxygen atoms in total. The molecule has 100 valence electrons. The monoisotopic (exact) mass is 251 g/mol. The summed E-state index contributed by atoms with van der Waals surface area (Å²) in [6.45, 7) is 5.30. The number of nitrogens with one attached hydrogen (secondary N) is 1. The van der Waals surface area contributed by atoms with E-state index in [4.69, 9.17) is 14.2 Å². The fraction of sp³-hybridized carbons (Fsp3) is 0.571. The van der Waals surface area contributed by atoms with Gasteiger partial charge in [-0.3, -0.25) is 0 Å². The lowest BCUT2D eigenvalue weighted by molar-refractivity contribution is 0.187. The molecule has 1 fully saturated rings. The fourth-order valence-electron chi connectivity index (χ4n) is 2.06. The standard InChI is InChI=1S/C14H21NO3/c1-3-18-13-5-4-12(8-14(13)16-2)15-9-11-6-7-17-10-11/h4-5,8,11,15H,3,6-7,9-10H2,1-2H3. The molecular weight excluding hydrogens is 230 g/mol. The van der Waals surface area contributed by atoms with Crippen LogP contribution in [0.25, 0.3) is 0 Å². The summed E-state index contributed by atoms with van der Waals surface area (Å²) in [6, 6.07) is 5.93. The van der Waals surface area contributed by atoms with Gasteiger partial charge in [-0.25, -0.2) is 0 Å². The average molecular weight is 251 g/mol. The predicted octanol–water partition coefficient (Wildman–Crippen LogP) is 2.54. The van der Waals surface area contributed by atoms with Crippen molar-refractivity contribution in [2.45, 2.75) is 13.3 Å². The van der Waals surface area contributed by atoms with Crippen LogP contribution in [0.15, 0.2) is 18.2 Å². The fourth-order valence-corrected chi connectivity index (χ4v) is 2.06. The molecule has 1 atom stereocenters. The minimum atomic E-state index is 0.613. The van der Waals surface area contributed by atoms with Gasteiger partial charge in [-0.2, -0.15) is 0 Å². The molecule has 1 aliphatic heterocycles. The van der Waals surface area contributed by atoms with E-state index >= 15 is 0 Å². The summed E-state index contributed by atoms with van der Waals surface area (Å²) in [5, 5.41) is 3.42. The zero-order chi connectivity index (χ0) is 12.8. The molecule has 0 saturated carbocycles. The number of hydrogen-bond acceptors (Lipinski definition) is 4. The Morgan fingerprint density at radius 1 is 1.39 bits per heavy atom. The summed E-state index contributed by atoms with van der Waals surface area (Å²) >= 11 is 0. The van der Waals surface area contributed by atoms with Crippen molar-refractivity contribution in [2.24, 2.45) is 5.92 Å². The van der Waals surface area contributed by atoms with Gasteiger partial charge in [0.05, 0.1) is 20.3 Å². The second-order valence-electron chi connectivity index (χ2n) is 4.41. The third-order valence-corrected chi connectivity index (χ3v) is 3.08. The highest BCUT2D eigenvalue weighted by molar-refractivity contribution is 5.54. The van der Waals surface area contributed by atoms with Crippen LogP contribution in [0, 0.1) is 5.92 Å². The van der Waals surface area contributed by atoms with Gasteiger partial charge < -0.3 is 19.5 Å². The lowest BCUT2D eigenvalue weighted by atomic mass is 10.1. The third kappa shape index (κ3) is 3.29. The Kier molecular flexibility index (Phi) is 4.70. The van der Waals surface area contributed by atoms with Crippen molar-refractivity contribution in [3.05, 3.63) is 18.2 Å². The third-order valence-electron chi connectivity index (χ3n) is 3.08. The van der Waals surface area contributed by atoms with Crippen LogP contribution >= 0.6 is 0 Å². The highest BCUT2D eigenvalue weighted by Crippen LogP contribution is 2.30. The topological polar surface area (TPSA) is 39.7 Å².